The van der Waals surface area contributed by atoms with Crippen LogP contribution in [0.2, 0.25) is 0 Å². The van der Waals surface area contributed by atoms with Gasteiger partial charge in [-0.2, -0.15) is 0 Å². The van der Waals surface area contributed by atoms with Crippen molar-refractivity contribution >= 4 is 22.4 Å². The molecule has 1 amide bonds. The standard InChI is InChI=1S/C28H33FN4O2.CH4/c1-20-4-2-5-21-6-3-7-22(26(20)21)17-31-14-12-28(13-15-31)27(35)32(18-25(34)16-30)19-33(28)24-10-8-23(29)9-11-24;/h2-11,25,34H,12-19,30H2,1H3;1H4/t25-;/m1./s1. The van der Waals surface area contributed by atoms with E-state index in [1.54, 1.807) is 17.0 Å². The van der Waals surface area contributed by atoms with Crippen molar-refractivity contribution in [1.82, 2.24) is 9.80 Å². The molecule has 2 aliphatic heterocycles. The zero-order valence-electron chi connectivity index (χ0n) is 20.2. The van der Waals surface area contributed by atoms with E-state index in [2.05, 4.69) is 53.1 Å². The Kier molecular flexibility index (Phi) is 7.64. The number of aryl methyl sites for hydroxylation is 1. The van der Waals surface area contributed by atoms with Crippen LogP contribution >= 0.6 is 0 Å². The number of fused-ring (bicyclic) bond motifs is 1. The SMILES string of the molecule is C.Cc1cccc2cccc(CN3CCC4(CC3)C(=O)N(C[C@H](O)CN)CN4c3ccc(F)cc3)c12. The fraction of sp³-hybridized carbons (Fsp3) is 0.414. The molecule has 2 heterocycles. The summed E-state index contributed by atoms with van der Waals surface area (Å²) in [6.07, 6.45) is 0.573. The summed E-state index contributed by atoms with van der Waals surface area (Å²) in [4.78, 5) is 19.9. The molecule has 3 aromatic carbocycles. The predicted molar refractivity (Wildman–Crippen MR) is 143 cm³/mol. The maximum atomic E-state index is 13.7. The number of aliphatic hydroxyl groups is 1. The number of piperidine rings is 1. The lowest BCUT2D eigenvalue weighted by atomic mass is 9.85. The smallest absolute Gasteiger partial charge is 0.250 e. The largest absolute Gasteiger partial charge is 0.390 e. The number of carbonyl (C=O) groups excluding carboxylic acids is 1. The van der Waals surface area contributed by atoms with E-state index in [1.165, 1.54) is 34.0 Å². The molecule has 0 unspecified atom stereocenters. The van der Waals surface area contributed by atoms with E-state index < -0.39 is 11.6 Å². The van der Waals surface area contributed by atoms with E-state index >= 15 is 0 Å². The first-order valence-electron chi connectivity index (χ1n) is 12.3. The first-order chi connectivity index (χ1) is 16.9. The number of nitrogens with zero attached hydrogens (tertiary/aromatic N) is 3. The van der Waals surface area contributed by atoms with Gasteiger partial charge in [-0.3, -0.25) is 9.69 Å². The van der Waals surface area contributed by atoms with E-state index in [9.17, 15) is 14.3 Å². The van der Waals surface area contributed by atoms with Crippen molar-refractivity contribution < 1.29 is 14.3 Å². The molecule has 0 aliphatic carbocycles. The van der Waals surface area contributed by atoms with Crippen LogP contribution in [0.1, 0.15) is 31.4 Å². The summed E-state index contributed by atoms with van der Waals surface area (Å²) in [5.41, 5.74) is 8.32. The van der Waals surface area contributed by atoms with Crippen LogP contribution in [-0.2, 0) is 11.3 Å². The van der Waals surface area contributed by atoms with E-state index in [4.69, 9.17) is 5.73 Å². The molecular formula is C29H37FN4O2. The summed E-state index contributed by atoms with van der Waals surface area (Å²) >= 11 is 0. The second kappa shape index (κ2) is 10.5. The lowest BCUT2D eigenvalue weighted by Crippen LogP contribution is -2.56. The molecule has 6 nitrogen and oxygen atoms in total. The van der Waals surface area contributed by atoms with Crippen LogP contribution in [-0.4, -0.2) is 65.3 Å². The molecule has 3 aromatic rings. The fourth-order valence-electron chi connectivity index (χ4n) is 5.76. The van der Waals surface area contributed by atoms with Gasteiger partial charge >= 0.3 is 0 Å². The number of benzene rings is 3. The molecule has 1 atom stereocenters. The molecule has 7 heteroatoms. The van der Waals surface area contributed by atoms with Crippen molar-refractivity contribution in [3.8, 4) is 0 Å². The van der Waals surface area contributed by atoms with E-state index in [-0.39, 0.29) is 32.2 Å². The van der Waals surface area contributed by atoms with Gasteiger partial charge in [0.05, 0.1) is 12.8 Å². The van der Waals surface area contributed by atoms with Gasteiger partial charge in [0, 0.05) is 38.4 Å². The Balaban J connectivity index is 0.00000304. The Hall–Kier alpha value is -3.00. The molecule has 36 heavy (non-hydrogen) atoms. The van der Waals surface area contributed by atoms with Crippen LogP contribution in [0.3, 0.4) is 0 Å². The number of anilines is 1. The van der Waals surface area contributed by atoms with Gasteiger partial charge < -0.3 is 20.6 Å². The topological polar surface area (TPSA) is 73.0 Å². The molecule has 0 saturated carbocycles. The molecule has 1 spiro atoms. The van der Waals surface area contributed by atoms with Crippen LogP contribution < -0.4 is 10.6 Å². The summed E-state index contributed by atoms with van der Waals surface area (Å²) in [6, 6.07) is 19.2. The van der Waals surface area contributed by atoms with Crippen molar-refractivity contribution in [3.05, 3.63) is 77.6 Å². The number of aliphatic hydroxyl groups excluding tert-OH is 1. The van der Waals surface area contributed by atoms with Gasteiger partial charge in [-0.05, 0) is 65.9 Å². The maximum Gasteiger partial charge on any atom is 0.250 e. The predicted octanol–water partition coefficient (Wildman–Crippen LogP) is 3.88. The van der Waals surface area contributed by atoms with Crippen molar-refractivity contribution in [2.45, 2.75) is 45.4 Å². The molecule has 5 rings (SSSR count). The molecular weight excluding hydrogens is 455 g/mol. The highest BCUT2D eigenvalue weighted by Crippen LogP contribution is 2.40. The Morgan fingerprint density at radius 3 is 2.39 bits per heavy atom. The molecule has 0 radical (unpaired) electrons. The number of halogens is 1. The highest BCUT2D eigenvalue weighted by Gasteiger charge is 2.53. The third-order valence-corrected chi connectivity index (χ3v) is 7.63. The van der Waals surface area contributed by atoms with Gasteiger partial charge in [0.15, 0.2) is 0 Å². The van der Waals surface area contributed by atoms with Gasteiger partial charge in [0.1, 0.15) is 11.4 Å². The Morgan fingerprint density at radius 1 is 1.06 bits per heavy atom. The molecule has 0 aromatic heterocycles. The van der Waals surface area contributed by atoms with Crippen LogP contribution in [0, 0.1) is 12.7 Å². The summed E-state index contributed by atoms with van der Waals surface area (Å²) in [7, 11) is 0. The first-order valence-corrected chi connectivity index (χ1v) is 12.3. The summed E-state index contributed by atoms with van der Waals surface area (Å²) in [5.74, 6) is -0.279. The van der Waals surface area contributed by atoms with E-state index in [0.717, 1.165) is 25.3 Å². The molecule has 0 bridgehead atoms. The summed E-state index contributed by atoms with van der Waals surface area (Å²) < 4.78 is 13.6. The van der Waals surface area contributed by atoms with Crippen LogP contribution in [0.25, 0.3) is 10.8 Å². The van der Waals surface area contributed by atoms with Crippen molar-refractivity contribution in [1.29, 1.82) is 0 Å². The minimum absolute atomic E-state index is 0. The van der Waals surface area contributed by atoms with Crippen molar-refractivity contribution in [3.63, 3.8) is 0 Å². The van der Waals surface area contributed by atoms with Crippen molar-refractivity contribution in [2.24, 2.45) is 5.73 Å². The van der Waals surface area contributed by atoms with Gasteiger partial charge in [0.25, 0.3) is 0 Å². The molecule has 3 N–H and O–H groups in total. The second-order valence-corrected chi connectivity index (χ2v) is 9.86. The van der Waals surface area contributed by atoms with Crippen molar-refractivity contribution in [2.75, 3.05) is 37.7 Å². The van der Waals surface area contributed by atoms with Gasteiger partial charge in [-0.25, -0.2) is 4.39 Å². The number of hydrogen-bond donors (Lipinski definition) is 2. The van der Waals surface area contributed by atoms with Gasteiger partial charge in [0.2, 0.25) is 5.91 Å². The zero-order chi connectivity index (χ0) is 24.6. The first kappa shape index (κ1) is 26.1. The average Bonchev–Trinajstić information content (AvgIpc) is 3.12. The minimum atomic E-state index is -0.765. The number of rotatable bonds is 6. The zero-order valence-corrected chi connectivity index (χ0v) is 20.2. The third kappa shape index (κ3) is 4.71. The van der Waals surface area contributed by atoms with Gasteiger partial charge in [-0.1, -0.05) is 43.8 Å². The number of likely N-dealkylation sites (tertiary alicyclic amines) is 1. The Labute approximate surface area is 213 Å². The Bertz CT molecular complexity index is 1200. The minimum Gasteiger partial charge on any atom is -0.390 e. The average molecular weight is 493 g/mol. The Morgan fingerprint density at radius 2 is 1.72 bits per heavy atom. The maximum absolute atomic E-state index is 13.7. The molecule has 2 saturated heterocycles. The number of hydrogen-bond acceptors (Lipinski definition) is 5. The number of carbonyl (C=O) groups is 1. The monoisotopic (exact) mass is 492 g/mol. The number of β-amino-alcohol motifs (C(OH)–C–C–N with tert-alkyl or cyclic N) is 1. The number of amides is 1. The normalized spacial score (nSPS) is 18.6. The van der Waals surface area contributed by atoms with Crippen LogP contribution in [0.5, 0.6) is 0 Å². The molecule has 2 fully saturated rings. The highest BCUT2D eigenvalue weighted by atomic mass is 19.1. The molecule has 2 aliphatic rings. The highest BCUT2D eigenvalue weighted by molar-refractivity contribution is 5.93. The summed E-state index contributed by atoms with van der Waals surface area (Å²) in [6.45, 7) is 5.21. The van der Waals surface area contributed by atoms with E-state index in [0.29, 0.717) is 19.5 Å². The van der Waals surface area contributed by atoms with Gasteiger partial charge in [-0.15, -0.1) is 0 Å². The van der Waals surface area contributed by atoms with E-state index in [1.807, 2.05) is 0 Å². The second-order valence-electron chi connectivity index (χ2n) is 9.86. The van der Waals surface area contributed by atoms with Crippen LogP contribution in [0.15, 0.2) is 60.7 Å². The lowest BCUT2D eigenvalue weighted by molar-refractivity contribution is -0.134. The quantitative estimate of drug-likeness (QED) is 0.546. The van der Waals surface area contributed by atoms with Crippen LogP contribution in [0.4, 0.5) is 10.1 Å². The molecule has 192 valence electrons. The lowest BCUT2D eigenvalue weighted by Gasteiger charge is -2.43. The summed E-state index contributed by atoms with van der Waals surface area (Å²) in [5, 5.41) is 12.7. The third-order valence-electron chi connectivity index (χ3n) is 7.63. The fourth-order valence-corrected chi connectivity index (χ4v) is 5.76. The number of nitrogens with two attached hydrogens (primary N) is 1.